The lowest BCUT2D eigenvalue weighted by molar-refractivity contribution is 0.270. The van der Waals surface area contributed by atoms with E-state index in [2.05, 4.69) is 9.71 Å². The normalized spacial score (nSPS) is 13.9. The highest BCUT2D eigenvalue weighted by molar-refractivity contribution is 7.91. The molecule has 2 N–H and O–H groups in total. The van der Waals surface area contributed by atoms with Crippen LogP contribution in [0.4, 0.5) is 0 Å². The van der Waals surface area contributed by atoms with Crippen molar-refractivity contribution in [3.8, 4) is 0 Å². The Hall–Kier alpha value is -0.210. The molecule has 0 aliphatic rings. The standard InChI is InChI=1S/C8H13ClN2O3S2/c1-2-6(3-4-12)11-16(13,14)7-5-10-8(9)15-7/h5-6,11-12H,2-4H2,1H3. The fraction of sp³-hybridized carbons (Fsp3) is 0.625. The van der Waals surface area contributed by atoms with E-state index in [0.717, 1.165) is 11.3 Å². The molecule has 1 unspecified atom stereocenters. The molecule has 1 heterocycles. The first-order valence-corrected chi connectivity index (χ1v) is 7.42. The third kappa shape index (κ3) is 3.67. The number of halogens is 1. The predicted molar refractivity (Wildman–Crippen MR) is 63.2 cm³/mol. The van der Waals surface area contributed by atoms with Gasteiger partial charge in [0.15, 0.2) is 8.68 Å². The average Bonchev–Trinajstić information content (AvgIpc) is 2.64. The van der Waals surface area contributed by atoms with Gasteiger partial charge >= 0.3 is 0 Å². The first-order valence-electron chi connectivity index (χ1n) is 4.74. The van der Waals surface area contributed by atoms with Crippen molar-refractivity contribution < 1.29 is 13.5 Å². The van der Waals surface area contributed by atoms with Gasteiger partial charge in [-0.1, -0.05) is 29.9 Å². The van der Waals surface area contributed by atoms with Gasteiger partial charge in [-0.2, -0.15) is 0 Å². The van der Waals surface area contributed by atoms with Crippen LogP contribution in [0.5, 0.6) is 0 Å². The number of thiazole rings is 1. The van der Waals surface area contributed by atoms with Crippen LogP contribution in [-0.4, -0.2) is 31.2 Å². The number of aliphatic hydroxyl groups is 1. The SMILES string of the molecule is CCC(CCO)NS(=O)(=O)c1cnc(Cl)s1. The van der Waals surface area contributed by atoms with Crippen LogP contribution in [0.25, 0.3) is 0 Å². The van der Waals surface area contributed by atoms with E-state index < -0.39 is 10.0 Å². The van der Waals surface area contributed by atoms with Crippen molar-refractivity contribution in [3.05, 3.63) is 10.7 Å². The molecule has 0 radical (unpaired) electrons. The number of nitrogens with one attached hydrogen (secondary N) is 1. The quantitative estimate of drug-likeness (QED) is 0.824. The maximum Gasteiger partial charge on any atom is 0.251 e. The second kappa shape index (κ2) is 5.92. The molecule has 0 amide bonds. The van der Waals surface area contributed by atoms with Gasteiger partial charge in [0.05, 0.1) is 6.20 Å². The molecule has 0 bridgehead atoms. The number of hydrogen-bond donors (Lipinski definition) is 2. The molecule has 92 valence electrons. The Morgan fingerprint density at radius 2 is 2.38 bits per heavy atom. The Kier molecular flexibility index (Phi) is 5.13. The van der Waals surface area contributed by atoms with Crippen molar-refractivity contribution in [1.82, 2.24) is 9.71 Å². The van der Waals surface area contributed by atoms with Crippen LogP contribution >= 0.6 is 22.9 Å². The summed E-state index contributed by atoms with van der Waals surface area (Å²) >= 11 is 6.48. The molecule has 1 atom stereocenters. The molecule has 16 heavy (non-hydrogen) atoms. The molecule has 0 aromatic carbocycles. The van der Waals surface area contributed by atoms with Gasteiger partial charge in [-0.05, 0) is 12.8 Å². The summed E-state index contributed by atoms with van der Waals surface area (Å²) in [4.78, 5) is 3.68. The zero-order valence-electron chi connectivity index (χ0n) is 8.68. The van der Waals surface area contributed by atoms with Gasteiger partial charge in [0, 0.05) is 12.6 Å². The van der Waals surface area contributed by atoms with Crippen molar-refractivity contribution in [3.63, 3.8) is 0 Å². The summed E-state index contributed by atoms with van der Waals surface area (Å²) in [5, 5.41) is 8.77. The van der Waals surface area contributed by atoms with Crippen molar-refractivity contribution in [2.75, 3.05) is 6.61 Å². The summed E-state index contributed by atoms with van der Waals surface area (Å²) in [6.45, 7) is 1.80. The average molecular weight is 285 g/mol. The molecule has 0 aliphatic carbocycles. The number of aliphatic hydroxyl groups excluding tert-OH is 1. The van der Waals surface area contributed by atoms with Gasteiger partial charge < -0.3 is 5.11 Å². The maximum atomic E-state index is 11.8. The lowest BCUT2D eigenvalue weighted by Gasteiger charge is -2.14. The molecule has 0 spiro atoms. The first kappa shape index (κ1) is 13.9. The monoisotopic (exact) mass is 284 g/mol. The number of nitrogens with zero attached hydrogens (tertiary/aromatic N) is 1. The molecular weight excluding hydrogens is 272 g/mol. The van der Waals surface area contributed by atoms with E-state index in [0.29, 0.717) is 12.8 Å². The number of sulfonamides is 1. The minimum atomic E-state index is -3.56. The topological polar surface area (TPSA) is 79.3 Å². The summed E-state index contributed by atoms with van der Waals surface area (Å²) in [5.41, 5.74) is 0. The number of aromatic nitrogens is 1. The van der Waals surface area contributed by atoms with Crippen LogP contribution < -0.4 is 4.72 Å². The molecule has 5 nitrogen and oxygen atoms in total. The molecule has 1 rings (SSSR count). The second-order valence-corrected chi connectivity index (χ2v) is 6.72. The third-order valence-corrected chi connectivity index (χ3v) is 5.11. The van der Waals surface area contributed by atoms with Crippen LogP contribution in [0.15, 0.2) is 10.4 Å². The highest BCUT2D eigenvalue weighted by Gasteiger charge is 2.21. The fourth-order valence-corrected chi connectivity index (χ4v) is 3.81. The van der Waals surface area contributed by atoms with E-state index in [9.17, 15) is 8.42 Å². The van der Waals surface area contributed by atoms with Gasteiger partial charge in [0.2, 0.25) is 0 Å². The summed E-state index contributed by atoms with van der Waals surface area (Å²) in [6, 6.07) is -0.268. The van der Waals surface area contributed by atoms with Gasteiger partial charge in [-0.3, -0.25) is 0 Å². The Morgan fingerprint density at radius 3 is 2.81 bits per heavy atom. The van der Waals surface area contributed by atoms with Crippen LogP contribution in [0.1, 0.15) is 19.8 Å². The van der Waals surface area contributed by atoms with Gasteiger partial charge in [-0.25, -0.2) is 18.1 Å². The smallest absolute Gasteiger partial charge is 0.251 e. The van der Waals surface area contributed by atoms with Crippen LogP contribution in [0, 0.1) is 0 Å². The second-order valence-electron chi connectivity index (χ2n) is 3.17. The molecule has 0 saturated heterocycles. The zero-order valence-corrected chi connectivity index (χ0v) is 11.1. The molecule has 0 aliphatic heterocycles. The molecular formula is C8H13ClN2O3S2. The lowest BCUT2D eigenvalue weighted by atomic mass is 10.2. The third-order valence-electron chi connectivity index (χ3n) is 2.01. The Balaban J connectivity index is 2.78. The fourth-order valence-electron chi connectivity index (χ4n) is 1.14. The predicted octanol–water partition coefficient (Wildman–Crippen LogP) is 1.24. The zero-order chi connectivity index (χ0) is 12.2. The van der Waals surface area contributed by atoms with Crippen LogP contribution in [0.2, 0.25) is 4.47 Å². The van der Waals surface area contributed by atoms with E-state index in [-0.39, 0.29) is 21.3 Å². The van der Waals surface area contributed by atoms with E-state index in [1.807, 2.05) is 6.92 Å². The van der Waals surface area contributed by atoms with E-state index in [1.165, 1.54) is 6.20 Å². The minimum absolute atomic E-state index is 0.0511. The van der Waals surface area contributed by atoms with Crippen LogP contribution in [-0.2, 0) is 10.0 Å². The highest BCUT2D eigenvalue weighted by atomic mass is 35.5. The minimum Gasteiger partial charge on any atom is -0.396 e. The molecule has 8 heteroatoms. The van der Waals surface area contributed by atoms with Crippen LogP contribution in [0.3, 0.4) is 0 Å². The maximum absolute atomic E-state index is 11.8. The Morgan fingerprint density at radius 1 is 1.69 bits per heavy atom. The molecule has 0 saturated carbocycles. The van der Waals surface area contributed by atoms with Gasteiger partial charge in [0.1, 0.15) is 0 Å². The van der Waals surface area contributed by atoms with Crippen molar-refractivity contribution in [2.45, 2.75) is 30.0 Å². The van der Waals surface area contributed by atoms with E-state index in [1.54, 1.807) is 0 Å². The van der Waals surface area contributed by atoms with Crippen molar-refractivity contribution in [2.24, 2.45) is 0 Å². The Bertz CT molecular complexity index is 432. The van der Waals surface area contributed by atoms with Gasteiger partial charge in [-0.15, -0.1) is 0 Å². The Labute approximate surface area is 104 Å². The van der Waals surface area contributed by atoms with Crippen molar-refractivity contribution >= 4 is 33.0 Å². The lowest BCUT2D eigenvalue weighted by Crippen LogP contribution is -2.34. The number of rotatable bonds is 6. The molecule has 0 fully saturated rings. The van der Waals surface area contributed by atoms with E-state index >= 15 is 0 Å². The first-order chi connectivity index (χ1) is 7.49. The summed E-state index contributed by atoms with van der Waals surface area (Å²) in [5.74, 6) is 0. The molecule has 1 aromatic rings. The van der Waals surface area contributed by atoms with E-state index in [4.69, 9.17) is 16.7 Å². The highest BCUT2D eigenvalue weighted by Crippen LogP contribution is 2.22. The molecule has 1 aromatic heterocycles. The summed E-state index contributed by atoms with van der Waals surface area (Å²) in [7, 11) is -3.56. The van der Waals surface area contributed by atoms with Crippen molar-refractivity contribution in [1.29, 1.82) is 0 Å². The number of hydrogen-bond acceptors (Lipinski definition) is 5. The summed E-state index contributed by atoms with van der Waals surface area (Å²) in [6.07, 6.45) is 2.23. The summed E-state index contributed by atoms with van der Waals surface area (Å²) < 4.78 is 26.4. The van der Waals surface area contributed by atoms with Gasteiger partial charge in [0.25, 0.3) is 10.0 Å². The largest absolute Gasteiger partial charge is 0.396 e.